The highest BCUT2D eigenvalue weighted by Gasteiger charge is 2.33. The van der Waals surface area contributed by atoms with Gasteiger partial charge in [-0.05, 0) is 42.3 Å². The number of methoxy groups -OCH3 is 2. The van der Waals surface area contributed by atoms with Gasteiger partial charge in [0, 0.05) is 25.6 Å². The molecule has 0 aliphatic rings. The van der Waals surface area contributed by atoms with Gasteiger partial charge in [-0.3, -0.25) is 13.9 Å². The van der Waals surface area contributed by atoms with Crippen LogP contribution in [0.5, 0.6) is 11.5 Å². The lowest BCUT2D eigenvalue weighted by Gasteiger charge is -2.33. The fourth-order valence-corrected chi connectivity index (χ4v) is 5.03. The van der Waals surface area contributed by atoms with E-state index in [4.69, 9.17) is 9.47 Å². The molecule has 1 N–H and O–H groups in total. The van der Waals surface area contributed by atoms with Crippen molar-refractivity contribution < 1.29 is 27.5 Å². The summed E-state index contributed by atoms with van der Waals surface area (Å²) in [4.78, 5) is 28.8. The average Bonchev–Trinajstić information content (AvgIpc) is 2.93. The molecular formula is C29H35N3O6S. The fraction of sp³-hybridized carbons (Fsp3) is 0.310. The molecule has 39 heavy (non-hydrogen) atoms. The number of benzene rings is 3. The molecule has 3 rings (SSSR count). The van der Waals surface area contributed by atoms with Gasteiger partial charge in [0.2, 0.25) is 21.8 Å². The number of sulfonamides is 1. The van der Waals surface area contributed by atoms with Crippen LogP contribution >= 0.6 is 0 Å². The van der Waals surface area contributed by atoms with Gasteiger partial charge in [0.05, 0.1) is 26.2 Å². The van der Waals surface area contributed by atoms with E-state index < -0.39 is 28.5 Å². The summed E-state index contributed by atoms with van der Waals surface area (Å²) >= 11 is 0. The molecule has 0 aromatic heterocycles. The van der Waals surface area contributed by atoms with E-state index in [0.29, 0.717) is 18.0 Å². The summed E-state index contributed by atoms with van der Waals surface area (Å²) in [5.74, 6) is 0.195. The molecule has 0 fully saturated rings. The number of nitrogens with zero attached hydrogens (tertiary/aromatic N) is 2. The highest BCUT2D eigenvalue weighted by Crippen LogP contribution is 2.24. The predicted octanol–water partition coefficient (Wildman–Crippen LogP) is 3.25. The van der Waals surface area contributed by atoms with Crippen molar-refractivity contribution in [1.82, 2.24) is 10.2 Å². The van der Waals surface area contributed by atoms with Crippen LogP contribution in [-0.2, 0) is 32.6 Å². The number of carbonyl (C=O) groups is 2. The fourth-order valence-electron chi connectivity index (χ4n) is 4.19. The van der Waals surface area contributed by atoms with Crippen LogP contribution in [0, 0.1) is 0 Å². The Kier molecular flexibility index (Phi) is 10.3. The molecule has 0 saturated carbocycles. The Morgan fingerprint density at radius 1 is 0.872 bits per heavy atom. The minimum absolute atomic E-state index is 0.0698. The lowest BCUT2D eigenvalue weighted by Crippen LogP contribution is -2.53. The topological polar surface area (TPSA) is 105 Å². The molecular weight excluding hydrogens is 518 g/mol. The van der Waals surface area contributed by atoms with Crippen LogP contribution in [0.15, 0.2) is 78.9 Å². The Labute approximate surface area is 230 Å². The SMILES string of the molecule is CCNC(=O)[C@H](Cc1ccccc1)N(Cc1cccc(OC)c1)C(=O)CN(c1cccc(OC)c1)S(C)(=O)=O. The van der Waals surface area contributed by atoms with E-state index in [1.807, 2.05) is 36.4 Å². The van der Waals surface area contributed by atoms with E-state index in [1.165, 1.54) is 12.0 Å². The standard InChI is InChI=1S/C29H35N3O6S/c1-5-30-29(34)27(18-22-11-7-6-8-12-22)31(20-23-13-9-15-25(17-23)37-2)28(33)21-32(39(4,35)36)24-14-10-16-26(19-24)38-3/h6-17,19,27H,5,18,20-21H2,1-4H3,(H,30,34)/t27-/m0/s1. The Hall–Kier alpha value is -4.05. The van der Waals surface area contributed by atoms with Gasteiger partial charge in [0.1, 0.15) is 24.1 Å². The maximum atomic E-state index is 14.0. The van der Waals surface area contributed by atoms with Gasteiger partial charge in [-0.15, -0.1) is 0 Å². The van der Waals surface area contributed by atoms with Crippen LogP contribution in [0.25, 0.3) is 0 Å². The quantitative estimate of drug-likeness (QED) is 0.349. The van der Waals surface area contributed by atoms with Crippen LogP contribution in [-0.4, -0.2) is 64.7 Å². The summed E-state index contributed by atoms with van der Waals surface area (Å²) in [7, 11) is -0.834. The second kappa shape index (κ2) is 13.7. The summed E-state index contributed by atoms with van der Waals surface area (Å²) < 4.78 is 37.3. The molecule has 10 heteroatoms. The van der Waals surface area contributed by atoms with Crippen molar-refractivity contribution in [2.24, 2.45) is 0 Å². The molecule has 0 spiro atoms. The number of anilines is 1. The molecule has 2 amide bonds. The van der Waals surface area contributed by atoms with Crippen LogP contribution in [0.1, 0.15) is 18.1 Å². The number of hydrogen-bond donors (Lipinski definition) is 1. The van der Waals surface area contributed by atoms with Crippen LogP contribution < -0.4 is 19.1 Å². The Morgan fingerprint density at radius 2 is 1.49 bits per heavy atom. The van der Waals surface area contributed by atoms with E-state index in [-0.39, 0.29) is 24.6 Å². The summed E-state index contributed by atoms with van der Waals surface area (Å²) in [5, 5.41) is 2.83. The van der Waals surface area contributed by atoms with Crippen LogP contribution in [0.3, 0.4) is 0 Å². The maximum Gasteiger partial charge on any atom is 0.244 e. The first-order valence-electron chi connectivity index (χ1n) is 12.5. The molecule has 1 atom stereocenters. The second-order valence-electron chi connectivity index (χ2n) is 8.94. The second-order valence-corrected chi connectivity index (χ2v) is 10.9. The van der Waals surface area contributed by atoms with Gasteiger partial charge < -0.3 is 19.7 Å². The zero-order chi connectivity index (χ0) is 28.4. The van der Waals surface area contributed by atoms with Gasteiger partial charge in [0.15, 0.2) is 0 Å². The third kappa shape index (κ3) is 8.22. The molecule has 3 aromatic carbocycles. The molecule has 0 radical (unpaired) electrons. The number of amides is 2. The number of hydrogen-bond acceptors (Lipinski definition) is 6. The van der Waals surface area contributed by atoms with E-state index in [2.05, 4.69) is 5.32 Å². The van der Waals surface area contributed by atoms with Crippen molar-refractivity contribution in [2.75, 3.05) is 37.9 Å². The number of rotatable bonds is 13. The van der Waals surface area contributed by atoms with Gasteiger partial charge in [0.25, 0.3) is 0 Å². The molecule has 0 heterocycles. The third-order valence-corrected chi connectivity index (χ3v) is 7.27. The molecule has 0 saturated heterocycles. The lowest BCUT2D eigenvalue weighted by molar-refractivity contribution is -0.140. The summed E-state index contributed by atoms with van der Waals surface area (Å²) in [5.41, 5.74) is 1.88. The zero-order valence-electron chi connectivity index (χ0n) is 22.7. The zero-order valence-corrected chi connectivity index (χ0v) is 23.5. The van der Waals surface area contributed by atoms with Crippen molar-refractivity contribution >= 4 is 27.5 Å². The molecule has 0 aliphatic heterocycles. The number of nitrogens with one attached hydrogen (secondary N) is 1. The molecule has 208 valence electrons. The van der Waals surface area contributed by atoms with Gasteiger partial charge in [-0.25, -0.2) is 8.42 Å². The number of ether oxygens (including phenoxy) is 2. The average molecular weight is 554 g/mol. The minimum atomic E-state index is -3.86. The number of likely N-dealkylation sites (N-methyl/N-ethyl adjacent to an activating group) is 1. The van der Waals surface area contributed by atoms with Crippen molar-refractivity contribution in [3.05, 3.63) is 90.0 Å². The highest BCUT2D eigenvalue weighted by atomic mass is 32.2. The van der Waals surface area contributed by atoms with Crippen molar-refractivity contribution in [2.45, 2.75) is 25.9 Å². The van der Waals surface area contributed by atoms with E-state index in [0.717, 1.165) is 21.7 Å². The maximum absolute atomic E-state index is 14.0. The summed E-state index contributed by atoms with van der Waals surface area (Å²) in [6.45, 7) is 1.76. The van der Waals surface area contributed by atoms with Gasteiger partial charge >= 0.3 is 0 Å². The summed E-state index contributed by atoms with van der Waals surface area (Å²) in [6, 6.07) is 22.2. The van der Waals surface area contributed by atoms with Gasteiger partial charge in [-0.2, -0.15) is 0 Å². The number of carbonyl (C=O) groups excluding carboxylic acids is 2. The molecule has 0 bridgehead atoms. The third-order valence-electron chi connectivity index (χ3n) is 6.13. The summed E-state index contributed by atoms with van der Waals surface area (Å²) in [6.07, 6.45) is 1.29. The largest absolute Gasteiger partial charge is 0.497 e. The monoisotopic (exact) mass is 553 g/mol. The smallest absolute Gasteiger partial charge is 0.244 e. The van der Waals surface area contributed by atoms with E-state index in [9.17, 15) is 18.0 Å². The first kappa shape index (κ1) is 29.5. The first-order valence-corrected chi connectivity index (χ1v) is 14.4. The van der Waals surface area contributed by atoms with Crippen LogP contribution in [0.2, 0.25) is 0 Å². The molecule has 0 unspecified atom stereocenters. The Bertz CT molecular complexity index is 1360. The molecule has 9 nitrogen and oxygen atoms in total. The van der Waals surface area contributed by atoms with E-state index >= 15 is 0 Å². The first-order chi connectivity index (χ1) is 18.7. The minimum Gasteiger partial charge on any atom is -0.497 e. The molecule has 0 aliphatic carbocycles. The van der Waals surface area contributed by atoms with Crippen molar-refractivity contribution in [3.8, 4) is 11.5 Å². The highest BCUT2D eigenvalue weighted by molar-refractivity contribution is 7.92. The van der Waals surface area contributed by atoms with Gasteiger partial charge in [-0.1, -0.05) is 48.5 Å². The van der Waals surface area contributed by atoms with Crippen molar-refractivity contribution in [1.29, 1.82) is 0 Å². The lowest BCUT2D eigenvalue weighted by atomic mass is 10.0. The van der Waals surface area contributed by atoms with Crippen LogP contribution in [0.4, 0.5) is 5.69 Å². The Morgan fingerprint density at radius 3 is 2.10 bits per heavy atom. The normalized spacial score (nSPS) is 11.8. The molecule has 3 aromatic rings. The predicted molar refractivity (Wildman–Crippen MR) is 151 cm³/mol. The van der Waals surface area contributed by atoms with Crippen molar-refractivity contribution in [3.63, 3.8) is 0 Å². The van der Waals surface area contributed by atoms with E-state index in [1.54, 1.807) is 56.5 Å². The Balaban J connectivity index is 2.05.